The Morgan fingerprint density at radius 1 is 0.936 bits per heavy atom. The van der Waals surface area contributed by atoms with Crippen LogP contribution in [0.15, 0.2) is 0 Å². The Labute approximate surface area is 274 Å². The Bertz CT molecular complexity index is 1270. The summed E-state index contributed by atoms with van der Waals surface area (Å²) in [5.41, 5.74) is 3.38. The fraction of sp³-hybridized carbons (Fsp3) is 0.812. The van der Waals surface area contributed by atoms with Gasteiger partial charge in [0.25, 0.3) is 5.91 Å². The first kappa shape index (κ1) is 38.1. The van der Waals surface area contributed by atoms with Crippen molar-refractivity contribution in [1.82, 2.24) is 25.8 Å². The molecule has 1 aliphatic heterocycles. The molecule has 15 heteroatoms. The second kappa shape index (κ2) is 13.3. The molecule has 266 valence electrons. The predicted octanol–water partition coefficient (Wildman–Crippen LogP) is 2.35. The smallest absolute Gasteiger partial charge is 0.363 e. The van der Waals surface area contributed by atoms with Gasteiger partial charge in [0, 0.05) is 20.1 Å². The van der Waals surface area contributed by atoms with Crippen LogP contribution in [-0.2, 0) is 24.0 Å². The number of likely N-dealkylation sites (tertiary alicyclic amines) is 1. The molecular weight excluding hydrogens is 621 g/mol. The zero-order valence-electron chi connectivity index (χ0n) is 28.8. The average Bonchev–Trinajstić information content (AvgIpc) is 3.22. The van der Waals surface area contributed by atoms with Crippen LogP contribution in [0.25, 0.3) is 0 Å². The summed E-state index contributed by atoms with van der Waals surface area (Å²) in [5.74, 6) is -5.27. The molecule has 1 saturated heterocycles. The number of hydrogen-bond acceptors (Lipinski definition) is 6. The fourth-order valence-electron chi connectivity index (χ4n) is 6.79. The molecule has 3 rings (SSSR count). The van der Waals surface area contributed by atoms with Crippen molar-refractivity contribution in [1.29, 1.82) is 0 Å². The number of nitrogens with one attached hydrogen (secondary N) is 3. The minimum atomic E-state index is -5.08. The maximum absolute atomic E-state index is 14.2. The van der Waals surface area contributed by atoms with Crippen molar-refractivity contribution in [3.8, 4) is 0 Å². The van der Waals surface area contributed by atoms with Gasteiger partial charge < -0.3 is 31.5 Å². The number of ketones is 1. The van der Waals surface area contributed by atoms with E-state index in [9.17, 15) is 41.9 Å². The molecule has 12 nitrogen and oxygen atoms in total. The number of likely N-dealkylation sites (N-methyl/N-ethyl adjacent to an activating group) is 1. The summed E-state index contributed by atoms with van der Waals surface area (Å²) in [6.45, 7) is 14.0. The van der Waals surface area contributed by atoms with Crippen molar-refractivity contribution in [2.45, 2.75) is 111 Å². The summed E-state index contributed by atoms with van der Waals surface area (Å²) in [7, 11) is 0.995. The predicted molar refractivity (Wildman–Crippen MR) is 166 cm³/mol. The van der Waals surface area contributed by atoms with Crippen LogP contribution in [0.4, 0.5) is 18.0 Å². The Kier molecular flexibility index (Phi) is 10.7. The van der Waals surface area contributed by atoms with E-state index in [0.29, 0.717) is 4.90 Å². The van der Waals surface area contributed by atoms with E-state index in [1.54, 1.807) is 41.5 Å². The molecule has 2 unspecified atom stereocenters. The van der Waals surface area contributed by atoms with E-state index in [0.717, 1.165) is 26.3 Å². The highest BCUT2D eigenvalue weighted by Gasteiger charge is 2.70. The molecule has 0 aromatic carbocycles. The molecule has 2 saturated carbocycles. The Morgan fingerprint density at radius 3 is 1.96 bits per heavy atom. The minimum absolute atomic E-state index is 0.0134. The van der Waals surface area contributed by atoms with E-state index >= 15 is 0 Å². The number of hydrogen-bond donors (Lipinski definition) is 4. The number of primary amides is 1. The molecule has 3 aliphatic rings. The first-order chi connectivity index (χ1) is 21.3. The molecule has 3 fully saturated rings. The van der Waals surface area contributed by atoms with Crippen molar-refractivity contribution in [2.75, 3.05) is 20.1 Å². The highest BCUT2D eigenvalue weighted by molar-refractivity contribution is 6.37. The quantitative estimate of drug-likeness (QED) is 0.246. The van der Waals surface area contributed by atoms with Crippen LogP contribution in [0.5, 0.6) is 0 Å². The van der Waals surface area contributed by atoms with Gasteiger partial charge in [0.15, 0.2) is 0 Å². The van der Waals surface area contributed by atoms with Crippen molar-refractivity contribution < 1.29 is 41.9 Å². The molecule has 47 heavy (non-hydrogen) atoms. The Morgan fingerprint density at radius 2 is 1.51 bits per heavy atom. The molecule has 0 bridgehead atoms. The molecule has 0 aromatic heterocycles. The first-order valence-corrected chi connectivity index (χ1v) is 16.1. The number of nitrogens with two attached hydrogens (primary N) is 1. The lowest BCUT2D eigenvalue weighted by Gasteiger charge is -2.39. The third-order valence-electron chi connectivity index (χ3n) is 10.2. The molecule has 5 N–H and O–H groups in total. The van der Waals surface area contributed by atoms with Gasteiger partial charge in [0.1, 0.15) is 12.1 Å². The van der Waals surface area contributed by atoms with Crippen LogP contribution < -0.4 is 21.7 Å². The van der Waals surface area contributed by atoms with Crippen LogP contribution in [0.2, 0.25) is 0 Å². The second-order valence-electron chi connectivity index (χ2n) is 16.2. The molecule has 6 amide bonds. The fourth-order valence-corrected chi connectivity index (χ4v) is 6.79. The molecular formula is C32H51F3N6O6. The maximum atomic E-state index is 14.2. The topological polar surface area (TPSA) is 171 Å². The number of nitrogens with zero attached hydrogens (tertiary/aromatic N) is 2. The minimum Gasteiger partial charge on any atom is -0.363 e. The summed E-state index contributed by atoms with van der Waals surface area (Å²) in [5, 5.41) is 8.05. The van der Waals surface area contributed by atoms with Gasteiger partial charge in [0.2, 0.25) is 17.6 Å². The van der Waals surface area contributed by atoms with Gasteiger partial charge in [-0.3, -0.25) is 24.0 Å². The number of rotatable bonds is 11. The third-order valence-corrected chi connectivity index (χ3v) is 10.2. The zero-order chi connectivity index (χ0) is 36.0. The van der Waals surface area contributed by atoms with Crippen molar-refractivity contribution in [3.63, 3.8) is 0 Å². The molecule has 6 atom stereocenters. The van der Waals surface area contributed by atoms with E-state index in [1.165, 1.54) is 4.90 Å². The first-order valence-electron chi connectivity index (χ1n) is 16.1. The highest BCUT2D eigenvalue weighted by Crippen LogP contribution is 2.65. The largest absolute Gasteiger partial charge is 0.471 e. The molecule has 0 radical (unpaired) electrons. The van der Waals surface area contributed by atoms with E-state index in [4.69, 9.17) is 5.73 Å². The number of fused-ring (bicyclic) bond motifs is 1. The normalized spacial score (nSPS) is 24.2. The van der Waals surface area contributed by atoms with Crippen LogP contribution in [-0.4, -0.2) is 95.7 Å². The lowest BCUT2D eigenvalue weighted by Crippen LogP contribution is -2.63. The summed E-state index contributed by atoms with van der Waals surface area (Å²) in [4.78, 5) is 79.6. The monoisotopic (exact) mass is 672 g/mol. The molecule has 0 spiro atoms. The van der Waals surface area contributed by atoms with Crippen molar-refractivity contribution >= 4 is 35.4 Å². The third kappa shape index (κ3) is 8.56. The lowest BCUT2D eigenvalue weighted by molar-refractivity contribution is -0.184. The van der Waals surface area contributed by atoms with E-state index < -0.39 is 83.2 Å². The van der Waals surface area contributed by atoms with E-state index in [-0.39, 0.29) is 36.1 Å². The number of halogens is 3. The number of Topliss-reactive ketones (excluding diaryl/α,β-unsaturated/α-hetero) is 1. The zero-order valence-corrected chi connectivity index (χ0v) is 28.8. The SMILES string of the molecule is CN(C[C@@H](NC(=O)N[C@H](C(=O)N1CC2[C@@H]([C@H]1C(=O)NC(CC1CCC1)C(=O)C(N)=O)C2(C)C)C(C)(C)C)C(C)(C)C)C(=O)C(F)(F)F. The number of amides is 6. The number of piperidine rings is 1. The standard InChI is InChI=1S/C32H51F3N6O6/c1-29(2,3)19(15-40(9)27(46)32(33,34)35)38-28(47)39-23(30(4,5)6)26(45)41-14-17-20(31(17,7)8)21(41)25(44)37-18(22(42)24(36)43)13-16-11-10-12-16/h16-21,23H,10-15H2,1-9H3,(H2,36,43)(H,37,44)(H2,38,39,47)/t17?,18?,19-,20+,21+,23-/m1/s1. The van der Waals surface area contributed by atoms with Crippen molar-refractivity contribution in [2.24, 2.45) is 39.7 Å². The van der Waals surface area contributed by atoms with Gasteiger partial charge in [-0.15, -0.1) is 0 Å². The lowest BCUT2D eigenvalue weighted by atomic mass is 9.80. The van der Waals surface area contributed by atoms with Gasteiger partial charge in [-0.2, -0.15) is 13.2 Å². The van der Waals surface area contributed by atoms with Crippen LogP contribution in [0, 0.1) is 34.0 Å². The summed E-state index contributed by atoms with van der Waals surface area (Å²) in [6, 6.07) is -4.99. The summed E-state index contributed by atoms with van der Waals surface area (Å²) >= 11 is 0. The van der Waals surface area contributed by atoms with E-state index in [2.05, 4.69) is 16.0 Å². The van der Waals surface area contributed by atoms with Gasteiger partial charge in [-0.05, 0) is 40.4 Å². The van der Waals surface area contributed by atoms with Crippen LogP contribution >= 0.6 is 0 Å². The molecule has 0 aromatic rings. The number of alkyl halides is 3. The van der Waals surface area contributed by atoms with Crippen LogP contribution in [0.1, 0.15) is 81.1 Å². The molecule has 1 heterocycles. The average molecular weight is 673 g/mol. The summed E-state index contributed by atoms with van der Waals surface area (Å²) in [6.07, 6.45) is -2.07. The van der Waals surface area contributed by atoms with Gasteiger partial charge in [-0.25, -0.2) is 4.79 Å². The number of carbonyl (C=O) groups is 6. The summed E-state index contributed by atoms with van der Waals surface area (Å²) < 4.78 is 39.1. The van der Waals surface area contributed by atoms with Crippen molar-refractivity contribution in [3.05, 3.63) is 0 Å². The Hall–Kier alpha value is -3.39. The van der Waals surface area contributed by atoms with Gasteiger partial charge in [-0.1, -0.05) is 74.7 Å². The van der Waals surface area contributed by atoms with Crippen LogP contribution in [0.3, 0.4) is 0 Å². The number of urea groups is 1. The van der Waals surface area contributed by atoms with Gasteiger partial charge in [0.05, 0.1) is 12.1 Å². The Balaban J connectivity index is 1.82. The second-order valence-corrected chi connectivity index (χ2v) is 16.2. The maximum Gasteiger partial charge on any atom is 0.471 e. The van der Waals surface area contributed by atoms with Gasteiger partial charge >= 0.3 is 18.1 Å². The molecule has 2 aliphatic carbocycles. The number of carbonyl (C=O) groups excluding carboxylic acids is 6. The van der Waals surface area contributed by atoms with E-state index in [1.807, 2.05) is 13.8 Å². The highest BCUT2D eigenvalue weighted by atomic mass is 19.4.